The minimum Gasteiger partial charge on any atom is -0.496 e. The van der Waals surface area contributed by atoms with E-state index in [1.165, 1.54) is 19.6 Å². The summed E-state index contributed by atoms with van der Waals surface area (Å²) in [6.45, 7) is 13.0. The molecule has 0 unspecified atom stereocenters. The Morgan fingerprint density at radius 1 is 0.904 bits per heavy atom. The summed E-state index contributed by atoms with van der Waals surface area (Å²) >= 11 is 6.49. The van der Waals surface area contributed by atoms with Gasteiger partial charge in [0.2, 0.25) is 5.52 Å². The summed E-state index contributed by atoms with van der Waals surface area (Å²) in [7, 11) is -6.54. The largest absolute Gasteiger partial charge is 0.496 e. The Hall–Kier alpha value is -2.54. The van der Waals surface area contributed by atoms with Crippen LogP contribution in [0.5, 0.6) is 5.75 Å². The van der Waals surface area contributed by atoms with Crippen LogP contribution in [0.3, 0.4) is 0 Å². The topological polar surface area (TPSA) is 128 Å². The predicted octanol–water partition coefficient (Wildman–Crippen LogP) is 8.78. The van der Waals surface area contributed by atoms with Crippen LogP contribution in [0.15, 0.2) is 62.7 Å². The van der Waals surface area contributed by atoms with Crippen LogP contribution >= 0.6 is 45.8 Å². The molecular weight excluding hydrogens is 779 g/mol. The van der Waals surface area contributed by atoms with Gasteiger partial charge in [-0.1, -0.05) is 50.8 Å². The molecule has 282 valence electrons. The van der Waals surface area contributed by atoms with Crippen LogP contribution in [-0.4, -0.2) is 75.6 Å². The number of nitrogens with zero attached hydrogens (tertiary/aromatic N) is 3. The minimum atomic E-state index is -4.10. The molecule has 0 amide bonds. The average molecular weight is 825 g/mol. The van der Waals surface area contributed by atoms with E-state index in [0.29, 0.717) is 19.5 Å². The van der Waals surface area contributed by atoms with Gasteiger partial charge in [0.1, 0.15) is 10.4 Å². The maximum atomic E-state index is 11.6. The van der Waals surface area contributed by atoms with E-state index in [9.17, 15) is 25.9 Å². The molecule has 2 N–H and O–H groups in total. The van der Waals surface area contributed by atoms with Gasteiger partial charge in [-0.3, -0.25) is 9.11 Å². The fourth-order valence-electron chi connectivity index (χ4n) is 6.19. The Labute approximate surface area is 322 Å². The number of aromatic nitrogens is 1. The number of thiazole rings is 1. The molecule has 52 heavy (non-hydrogen) atoms. The molecule has 0 aliphatic carbocycles. The number of aryl methyl sites for hydroxylation is 1. The average Bonchev–Trinajstić information content (AvgIpc) is 3.89. The summed E-state index contributed by atoms with van der Waals surface area (Å²) in [4.78, 5) is 5.52. The Kier molecular flexibility index (Phi) is 13.9. The van der Waals surface area contributed by atoms with E-state index in [2.05, 4.69) is 72.4 Å². The van der Waals surface area contributed by atoms with Gasteiger partial charge in [-0.25, -0.2) is 0 Å². The number of hydrogen-bond donors (Lipinski definition) is 2. The van der Waals surface area contributed by atoms with E-state index in [-0.39, 0.29) is 24.3 Å². The highest BCUT2D eigenvalue weighted by atomic mass is 32.2. The highest BCUT2D eigenvalue weighted by molar-refractivity contribution is 8.03. The summed E-state index contributed by atoms with van der Waals surface area (Å²) < 4.78 is 76.1. The summed E-state index contributed by atoms with van der Waals surface area (Å²) in [5.74, 6) is 0.122. The molecule has 4 heterocycles. The van der Waals surface area contributed by atoms with Crippen molar-refractivity contribution in [2.24, 2.45) is 0 Å². The fraction of sp³-hybridized carbons (Fsp3) is 0.417. The van der Waals surface area contributed by atoms with Crippen molar-refractivity contribution in [2.45, 2.75) is 58.4 Å². The number of rotatable bonds is 15. The van der Waals surface area contributed by atoms with E-state index in [1.807, 2.05) is 22.9 Å². The molecule has 5 aromatic rings. The second-order valence-electron chi connectivity index (χ2n) is 12.1. The highest BCUT2D eigenvalue weighted by Crippen LogP contribution is 2.53. The summed E-state index contributed by atoms with van der Waals surface area (Å²) in [5, 5.41) is 8.07. The van der Waals surface area contributed by atoms with Gasteiger partial charge in [0.25, 0.3) is 25.2 Å². The molecule has 0 spiro atoms. The summed E-state index contributed by atoms with van der Waals surface area (Å²) in [6, 6.07) is 10.3. The maximum absolute atomic E-state index is 11.6. The Morgan fingerprint density at radius 2 is 1.56 bits per heavy atom. The number of anilines is 1. The molecule has 10 nitrogen and oxygen atoms in total. The van der Waals surface area contributed by atoms with Crippen LogP contribution in [0.25, 0.3) is 36.5 Å². The van der Waals surface area contributed by atoms with Gasteiger partial charge in [-0.05, 0) is 85.2 Å². The predicted molar refractivity (Wildman–Crippen MR) is 221 cm³/mol. The molecule has 6 rings (SSSR count). The molecule has 2 aromatic carbocycles. The van der Waals surface area contributed by atoms with Crippen molar-refractivity contribution in [1.82, 2.24) is 4.90 Å². The van der Waals surface area contributed by atoms with Crippen molar-refractivity contribution < 1.29 is 35.2 Å². The van der Waals surface area contributed by atoms with Gasteiger partial charge < -0.3 is 14.5 Å². The van der Waals surface area contributed by atoms with E-state index in [0.717, 1.165) is 62.3 Å². The number of hydrogen-bond acceptors (Lipinski definition) is 11. The van der Waals surface area contributed by atoms with Gasteiger partial charge in [0, 0.05) is 34.0 Å². The van der Waals surface area contributed by atoms with Crippen molar-refractivity contribution in [3.8, 4) is 5.75 Å². The zero-order valence-corrected chi connectivity index (χ0v) is 34.9. The highest BCUT2D eigenvalue weighted by Gasteiger charge is 2.30. The van der Waals surface area contributed by atoms with E-state index in [4.69, 9.17) is 4.74 Å². The number of thiophene rings is 2. The van der Waals surface area contributed by atoms with E-state index in [1.54, 1.807) is 52.9 Å². The zero-order chi connectivity index (χ0) is 37.6. The number of methoxy groups -OCH3 is 1. The van der Waals surface area contributed by atoms with Crippen LogP contribution in [0, 0.1) is 0 Å². The lowest BCUT2D eigenvalue weighted by Crippen LogP contribution is -2.36. The number of thioether (sulfide) groups is 1. The maximum Gasteiger partial charge on any atom is 0.265 e. The molecule has 0 radical (unpaired) electrons. The first-order valence-electron chi connectivity index (χ1n) is 17.2. The lowest BCUT2D eigenvalue weighted by atomic mass is 10.1. The molecule has 0 saturated heterocycles. The van der Waals surface area contributed by atoms with Gasteiger partial charge in [-0.2, -0.15) is 21.4 Å². The lowest BCUT2D eigenvalue weighted by molar-refractivity contribution is -0.667. The van der Waals surface area contributed by atoms with Crippen molar-refractivity contribution in [3.63, 3.8) is 0 Å². The number of allylic oxidation sites excluding steroid dienone is 2. The van der Waals surface area contributed by atoms with Crippen molar-refractivity contribution in [3.05, 3.63) is 62.8 Å². The second kappa shape index (κ2) is 17.7. The molecule has 16 heteroatoms. The minimum absolute atomic E-state index is 0.251. The van der Waals surface area contributed by atoms with Gasteiger partial charge in [-0.15, -0.1) is 22.7 Å². The van der Waals surface area contributed by atoms with Crippen LogP contribution in [0.4, 0.5) is 5.69 Å². The third-order valence-corrected chi connectivity index (χ3v) is 14.5. The monoisotopic (exact) mass is 824 g/mol. The van der Waals surface area contributed by atoms with Crippen LogP contribution < -0.4 is 14.2 Å². The van der Waals surface area contributed by atoms with Gasteiger partial charge in [0.15, 0.2) is 6.54 Å². The third-order valence-electron chi connectivity index (χ3n) is 8.87. The molecule has 0 fully saturated rings. The van der Waals surface area contributed by atoms with Gasteiger partial charge >= 0.3 is 0 Å². The SMILES string of the molecule is CCC(/C=C1\Sc2cc(OC)c3ccsc3c2N1CCCS(=O)(=O)O)=C\c1sc2ccc3sccc3c2[n+]1CCCS(=O)(=O)O.CCN(CC)CC. The van der Waals surface area contributed by atoms with Gasteiger partial charge in [0.05, 0.1) is 39.4 Å². The molecule has 0 bridgehead atoms. The van der Waals surface area contributed by atoms with Crippen LogP contribution in [0.1, 0.15) is 52.0 Å². The molecule has 0 atom stereocenters. The molecule has 3 aromatic heterocycles. The summed E-state index contributed by atoms with van der Waals surface area (Å²) in [6.07, 6.45) is 5.48. The zero-order valence-electron chi connectivity index (χ0n) is 30.0. The fourth-order valence-corrected chi connectivity index (χ4v) is 11.4. The van der Waals surface area contributed by atoms with Crippen molar-refractivity contribution in [1.29, 1.82) is 0 Å². The van der Waals surface area contributed by atoms with Crippen LogP contribution in [-0.2, 0) is 26.8 Å². The van der Waals surface area contributed by atoms with Crippen LogP contribution in [0.2, 0.25) is 0 Å². The Bertz CT molecular complexity index is 2300. The quantitative estimate of drug-likeness (QED) is 0.0781. The summed E-state index contributed by atoms with van der Waals surface area (Å²) in [5.41, 5.74) is 3.09. The first-order chi connectivity index (χ1) is 24.8. The van der Waals surface area contributed by atoms with E-state index >= 15 is 0 Å². The number of fused-ring (bicyclic) bond motifs is 6. The Morgan fingerprint density at radius 3 is 2.19 bits per heavy atom. The number of benzene rings is 2. The third kappa shape index (κ3) is 9.76. The smallest absolute Gasteiger partial charge is 0.265 e. The normalized spacial score (nSPS) is 14.6. The second-order valence-corrected chi connectivity index (χ2v) is 19.3. The standard InChI is InChI=1S/C30H30N2O7S6.C6H15N/c1-3-19(16-26-31(10-4-14-44(33,34)35)28-21-9-12-40-23(21)6-7-24(28)42-26)17-27-32(11-5-15-45(36,37)38)29-25(43-27)18-22(39-2)20-8-13-41-30(20)29;1-4-7(5-2)6-3/h6-9,12-13,16-18H,3-5,10-11,14-15H2,1-2H3,(H-,33,34,35,36,37,38);4-6H2,1-3H3/p+1. The first-order valence-corrected chi connectivity index (χ1v) is 23.8. The lowest BCUT2D eigenvalue weighted by Gasteiger charge is -2.21. The molecule has 0 saturated carbocycles. The first kappa shape index (κ1) is 40.6. The number of ether oxygens (including phenoxy) is 1. The van der Waals surface area contributed by atoms with E-state index < -0.39 is 20.2 Å². The molecule has 1 aliphatic heterocycles. The van der Waals surface area contributed by atoms with Crippen molar-refractivity contribution >= 4 is 108 Å². The molecule has 1 aliphatic rings. The van der Waals surface area contributed by atoms with Crippen molar-refractivity contribution in [2.75, 3.05) is 49.7 Å². The molecular formula is C36H46N3O7S6+. The Balaban J connectivity index is 0.000000679.